The summed E-state index contributed by atoms with van der Waals surface area (Å²) in [5.41, 5.74) is 7.59. The lowest BCUT2D eigenvalue weighted by Crippen LogP contribution is -2.33. The smallest absolute Gasteiger partial charge is 0.338 e. The molecule has 156 valence electrons. The fraction of sp³-hybridized carbons (Fsp3) is 0.393. The van der Waals surface area contributed by atoms with Crippen LogP contribution in [0.25, 0.3) is 21.9 Å². The summed E-state index contributed by atoms with van der Waals surface area (Å²) < 4.78 is 5.10. The third kappa shape index (κ3) is 3.53. The zero-order chi connectivity index (χ0) is 21.7. The highest BCUT2D eigenvalue weighted by Gasteiger charge is 2.37. The fourth-order valence-corrected chi connectivity index (χ4v) is 4.79. The van der Waals surface area contributed by atoms with Crippen LogP contribution in [-0.2, 0) is 15.6 Å². The minimum absolute atomic E-state index is 0.199. The summed E-state index contributed by atoms with van der Waals surface area (Å²) in [6, 6.07) is 17.1. The van der Waals surface area contributed by atoms with Crippen LogP contribution in [0.4, 0.5) is 0 Å². The SMILES string of the molecule is CCOC(=O)c1ccc(-c2cc(C)c3cc4c(cc3c2)C(C)(C)CCC4(C)C)cc1. The first-order chi connectivity index (χ1) is 14.1. The van der Waals surface area contributed by atoms with Gasteiger partial charge < -0.3 is 4.74 Å². The predicted molar refractivity (Wildman–Crippen MR) is 125 cm³/mol. The van der Waals surface area contributed by atoms with E-state index in [1.165, 1.54) is 45.9 Å². The Morgan fingerprint density at radius 2 is 1.47 bits per heavy atom. The monoisotopic (exact) mass is 400 g/mol. The Morgan fingerprint density at radius 3 is 2.07 bits per heavy atom. The number of fused-ring (bicyclic) bond motifs is 2. The van der Waals surface area contributed by atoms with Crippen LogP contribution >= 0.6 is 0 Å². The van der Waals surface area contributed by atoms with E-state index in [1.54, 1.807) is 0 Å². The standard InChI is InChI=1S/C28H32O2/c1-7-30-26(29)20-10-8-19(9-11-20)21-14-18(2)23-17-25-24(16-22(23)15-21)27(3,4)12-13-28(25,5)6/h8-11,14-17H,7,12-13H2,1-6H3. The van der Waals surface area contributed by atoms with E-state index < -0.39 is 0 Å². The molecule has 0 fully saturated rings. The molecule has 1 aliphatic carbocycles. The second-order valence-electron chi connectivity index (χ2n) is 9.98. The molecule has 0 aliphatic heterocycles. The second kappa shape index (κ2) is 7.27. The Morgan fingerprint density at radius 1 is 0.867 bits per heavy atom. The lowest BCUT2D eigenvalue weighted by molar-refractivity contribution is 0.0526. The maximum absolute atomic E-state index is 11.9. The van der Waals surface area contributed by atoms with Crippen molar-refractivity contribution < 1.29 is 9.53 Å². The quantitative estimate of drug-likeness (QED) is 0.430. The first kappa shape index (κ1) is 20.7. The van der Waals surface area contributed by atoms with Gasteiger partial charge in [-0.2, -0.15) is 0 Å². The van der Waals surface area contributed by atoms with Gasteiger partial charge in [0, 0.05) is 0 Å². The van der Waals surface area contributed by atoms with Crippen LogP contribution in [0.5, 0.6) is 0 Å². The molecule has 0 saturated carbocycles. The summed E-state index contributed by atoms with van der Waals surface area (Å²) in [6.45, 7) is 13.9. The zero-order valence-electron chi connectivity index (χ0n) is 19.1. The van der Waals surface area contributed by atoms with Crippen molar-refractivity contribution in [3.63, 3.8) is 0 Å². The van der Waals surface area contributed by atoms with Gasteiger partial charge in [-0.3, -0.25) is 0 Å². The van der Waals surface area contributed by atoms with E-state index in [4.69, 9.17) is 4.74 Å². The molecule has 3 aromatic rings. The number of aryl methyl sites for hydroxylation is 1. The van der Waals surface area contributed by atoms with Crippen LogP contribution in [0, 0.1) is 6.92 Å². The molecule has 2 heteroatoms. The van der Waals surface area contributed by atoms with E-state index in [9.17, 15) is 4.79 Å². The Kier molecular flexibility index (Phi) is 5.00. The van der Waals surface area contributed by atoms with Crippen LogP contribution < -0.4 is 0 Å². The molecule has 0 bridgehead atoms. The van der Waals surface area contributed by atoms with E-state index in [2.05, 4.69) is 58.9 Å². The highest BCUT2D eigenvalue weighted by atomic mass is 16.5. The minimum atomic E-state index is -0.268. The largest absolute Gasteiger partial charge is 0.462 e. The molecule has 3 aromatic carbocycles. The third-order valence-electron chi connectivity index (χ3n) is 6.86. The van der Waals surface area contributed by atoms with Crippen LogP contribution in [0.3, 0.4) is 0 Å². The lowest BCUT2D eigenvalue weighted by atomic mass is 9.62. The van der Waals surface area contributed by atoms with Gasteiger partial charge >= 0.3 is 5.97 Å². The summed E-state index contributed by atoms with van der Waals surface area (Å²) in [7, 11) is 0. The summed E-state index contributed by atoms with van der Waals surface area (Å²) in [5.74, 6) is -0.268. The molecule has 4 rings (SSSR count). The molecule has 0 unspecified atom stereocenters. The predicted octanol–water partition coefficient (Wildman–Crippen LogP) is 7.34. The first-order valence-corrected chi connectivity index (χ1v) is 11.0. The Bertz CT molecular complexity index is 1120. The van der Waals surface area contributed by atoms with Crippen molar-refractivity contribution in [3.8, 4) is 11.1 Å². The van der Waals surface area contributed by atoms with Gasteiger partial charge in [0.2, 0.25) is 0 Å². The molecule has 0 atom stereocenters. The van der Waals surface area contributed by atoms with Gasteiger partial charge in [-0.1, -0.05) is 58.0 Å². The van der Waals surface area contributed by atoms with E-state index in [0.717, 1.165) is 5.56 Å². The number of rotatable bonds is 3. The van der Waals surface area contributed by atoms with Crippen molar-refractivity contribution in [2.45, 2.75) is 65.2 Å². The molecule has 0 aromatic heterocycles. The molecule has 0 N–H and O–H groups in total. The van der Waals surface area contributed by atoms with E-state index >= 15 is 0 Å². The van der Waals surface area contributed by atoms with Crippen molar-refractivity contribution in [1.29, 1.82) is 0 Å². The maximum atomic E-state index is 11.9. The summed E-state index contributed by atoms with van der Waals surface area (Å²) >= 11 is 0. The number of ether oxygens (including phenoxy) is 1. The fourth-order valence-electron chi connectivity index (χ4n) is 4.79. The highest BCUT2D eigenvalue weighted by molar-refractivity contribution is 5.93. The zero-order valence-corrected chi connectivity index (χ0v) is 19.1. The number of hydrogen-bond donors (Lipinski definition) is 0. The molecule has 0 amide bonds. The topological polar surface area (TPSA) is 26.3 Å². The van der Waals surface area contributed by atoms with Crippen LogP contribution in [0.1, 0.15) is 74.5 Å². The average molecular weight is 401 g/mol. The molecule has 0 radical (unpaired) electrons. The molecule has 0 saturated heterocycles. The number of benzene rings is 3. The summed E-state index contributed by atoms with van der Waals surface area (Å²) in [6.07, 6.45) is 2.44. The lowest BCUT2D eigenvalue weighted by Gasteiger charge is -2.42. The molecular weight excluding hydrogens is 368 g/mol. The number of esters is 1. The van der Waals surface area contributed by atoms with E-state index in [1.807, 2.05) is 31.2 Å². The Labute approximate surface area is 180 Å². The Balaban J connectivity index is 1.82. The molecule has 0 heterocycles. The maximum Gasteiger partial charge on any atom is 0.338 e. The molecule has 2 nitrogen and oxygen atoms in total. The number of hydrogen-bond acceptors (Lipinski definition) is 2. The summed E-state index contributed by atoms with van der Waals surface area (Å²) in [4.78, 5) is 11.9. The van der Waals surface area contributed by atoms with Crippen molar-refractivity contribution in [3.05, 3.63) is 70.8 Å². The molecule has 30 heavy (non-hydrogen) atoms. The molecule has 0 spiro atoms. The number of carbonyl (C=O) groups is 1. The van der Waals surface area contributed by atoms with Crippen LogP contribution in [0.15, 0.2) is 48.5 Å². The van der Waals surface area contributed by atoms with Gasteiger partial charge in [0.15, 0.2) is 0 Å². The third-order valence-corrected chi connectivity index (χ3v) is 6.86. The molecule has 1 aliphatic rings. The van der Waals surface area contributed by atoms with Gasteiger partial charge in [0.05, 0.1) is 12.2 Å². The second-order valence-corrected chi connectivity index (χ2v) is 9.98. The van der Waals surface area contributed by atoms with Gasteiger partial charge in [-0.25, -0.2) is 4.79 Å². The average Bonchev–Trinajstić information content (AvgIpc) is 2.71. The van der Waals surface area contributed by atoms with Crippen LogP contribution in [0.2, 0.25) is 0 Å². The van der Waals surface area contributed by atoms with E-state index in [-0.39, 0.29) is 16.8 Å². The normalized spacial score (nSPS) is 16.9. The van der Waals surface area contributed by atoms with Crippen molar-refractivity contribution in [1.82, 2.24) is 0 Å². The van der Waals surface area contributed by atoms with Gasteiger partial charge in [-0.15, -0.1) is 0 Å². The van der Waals surface area contributed by atoms with Crippen molar-refractivity contribution >= 4 is 16.7 Å². The minimum Gasteiger partial charge on any atom is -0.462 e. The first-order valence-electron chi connectivity index (χ1n) is 11.0. The molecular formula is C28H32O2. The Hall–Kier alpha value is -2.61. The van der Waals surface area contributed by atoms with Gasteiger partial charge in [-0.05, 0) is 94.3 Å². The number of carbonyl (C=O) groups excluding carboxylic acids is 1. The van der Waals surface area contributed by atoms with Gasteiger partial charge in [0.1, 0.15) is 0 Å². The summed E-state index contributed by atoms with van der Waals surface area (Å²) in [5, 5.41) is 2.63. The highest BCUT2D eigenvalue weighted by Crippen LogP contribution is 2.47. The van der Waals surface area contributed by atoms with E-state index in [0.29, 0.717) is 12.2 Å². The van der Waals surface area contributed by atoms with Crippen LogP contribution in [-0.4, -0.2) is 12.6 Å². The van der Waals surface area contributed by atoms with Crippen molar-refractivity contribution in [2.24, 2.45) is 0 Å². The van der Waals surface area contributed by atoms with Gasteiger partial charge in [0.25, 0.3) is 0 Å². The van der Waals surface area contributed by atoms with Crippen molar-refractivity contribution in [2.75, 3.05) is 6.61 Å².